The van der Waals surface area contributed by atoms with Gasteiger partial charge in [0.1, 0.15) is 0 Å². The van der Waals surface area contributed by atoms with Crippen LogP contribution in [-0.2, 0) is 4.74 Å². The molecule has 0 saturated carbocycles. The summed E-state index contributed by atoms with van der Waals surface area (Å²) in [7, 11) is 0. The summed E-state index contributed by atoms with van der Waals surface area (Å²) in [5.74, 6) is 0.828. The van der Waals surface area contributed by atoms with Gasteiger partial charge in [-0.05, 0) is 45.1 Å². The molecule has 1 N–H and O–H groups in total. The Balaban J connectivity index is 2.22. The third-order valence-electron chi connectivity index (χ3n) is 2.92. The van der Waals surface area contributed by atoms with Crippen LogP contribution in [0.15, 0.2) is 0 Å². The van der Waals surface area contributed by atoms with Gasteiger partial charge < -0.3 is 10.1 Å². The second-order valence-corrected chi connectivity index (χ2v) is 4.05. The maximum atomic E-state index is 5.45. The molecule has 2 atom stereocenters. The van der Waals surface area contributed by atoms with Gasteiger partial charge in [0.15, 0.2) is 0 Å². The lowest BCUT2D eigenvalue weighted by Crippen LogP contribution is -2.34. The maximum absolute atomic E-state index is 5.45. The zero-order valence-electron chi connectivity index (χ0n) is 9.01. The molecule has 2 heteroatoms. The first kappa shape index (κ1) is 11.0. The minimum Gasteiger partial charge on any atom is -0.381 e. The molecule has 0 aromatic carbocycles. The van der Waals surface area contributed by atoms with Gasteiger partial charge in [-0.1, -0.05) is 6.92 Å². The average molecular weight is 185 g/mol. The summed E-state index contributed by atoms with van der Waals surface area (Å²) in [5.41, 5.74) is 0. The fourth-order valence-electron chi connectivity index (χ4n) is 1.97. The molecule has 1 saturated heterocycles. The standard InChI is InChI=1S/C11H23NO/c1-3-7-12-10(2)11-5-4-8-13-9-6-11/h10-12H,3-9H2,1-2H3. The van der Waals surface area contributed by atoms with Crippen LogP contribution in [0.1, 0.15) is 39.5 Å². The van der Waals surface area contributed by atoms with Gasteiger partial charge in [0.25, 0.3) is 0 Å². The third kappa shape index (κ3) is 4.10. The van der Waals surface area contributed by atoms with Crippen LogP contribution >= 0.6 is 0 Å². The molecule has 0 aromatic heterocycles. The van der Waals surface area contributed by atoms with Gasteiger partial charge in [0, 0.05) is 19.3 Å². The van der Waals surface area contributed by atoms with Crippen LogP contribution in [0, 0.1) is 5.92 Å². The second kappa shape index (κ2) is 6.39. The molecule has 0 amide bonds. The smallest absolute Gasteiger partial charge is 0.0469 e. The van der Waals surface area contributed by atoms with Gasteiger partial charge in [-0.15, -0.1) is 0 Å². The van der Waals surface area contributed by atoms with Crippen LogP contribution in [0.3, 0.4) is 0 Å². The van der Waals surface area contributed by atoms with Crippen molar-refractivity contribution in [3.63, 3.8) is 0 Å². The molecule has 1 aliphatic rings. The Morgan fingerprint density at radius 3 is 3.00 bits per heavy atom. The number of hydrogen-bond acceptors (Lipinski definition) is 2. The molecule has 1 aliphatic heterocycles. The summed E-state index contributed by atoms with van der Waals surface area (Å²) in [5, 5.41) is 3.57. The quantitative estimate of drug-likeness (QED) is 0.725. The van der Waals surface area contributed by atoms with Gasteiger partial charge in [-0.2, -0.15) is 0 Å². The SMILES string of the molecule is CCCNC(C)C1CCCOCC1. The highest BCUT2D eigenvalue weighted by molar-refractivity contribution is 4.73. The molecule has 1 fully saturated rings. The maximum Gasteiger partial charge on any atom is 0.0469 e. The van der Waals surface area contributed by atoms with E-state index >= 15 is 0 Å². The van der Waals surface area contributed by atoms with E-state index in [1.807, 2.05) is 0 Å². The molecule has 2 nitrogen and oxygen atoms in total. The zero-order valence-corrected chi connectivity index (χ0v) is 9.01. The van der Waals surface area contributed by atoms with Gasteiger partial charge in [-0.3, -0.25) is 0 Å². The fourth-order valence-corrected chi connectivity index (χ4v) is 1.97. The summed E-state index contributed by atoms with van der Waals surface area (Å²) >= 11 is 0. The Bertz CT molecular complexity index is 119. The van der Waals surface area contributed by atoms with E-state index in [1.165, 1.54) is 25.7 Å². The first-order valence-electron chi connectivity index (χ1n) is 5.65. The number of ether oxygens (including phenoxy) is 1. The lowest BCUT2D eigenvalue weighted by atomic mass is 9.93. The Morgan fingerprint density at radius 1 is 1.38 bits per heavy atom. The molecule has 13 heavy (non-hydrogen) atoms. The predicted molar refractivity (Wildman–Crippen MR) is 55.9 cm³/mol. The summed E-state index contributed by atoms with van der Waals surface area (Å²) in [6.45, 7) is 7.61. The van der Waals surface area contributed by atoms with E-state index in [0.717, 1.165) is 25.7 Å². The third-order valence-corrected chi connectivity index (χ3v) is 2.92. The minimum atomic E-state index is 0.668. The van der Waals surface area contributed by atoms with E-state index in [2.05, 4.69) is 19.2 Å². The van der Waals surface area contributed by atoms with E-state index in [-0.39, 0.29) is 0 Å². The van der Waals surface area contributed by atoms with E-state index in [4.69, 9.17) is 4.74 Å². The van der Waals surface area contributed by atoms with Crippen LogP contribution in [0.4, 0.5) is 0 Å². The zero-order chi connectivity index (χ0) is 9.52. The van der Waals surface area contributed by atoms with Crippen molar-refractivity contribution in [3.8, 4) is 0 Å². The molecule has 1 heterocycles. The summed E-state index contributed by atoms with van der Waals surface area (Å²) < 4.78 is 5.45. The van der Waals surface area contributed by atoms with Crippen LogP contribution < -0.4 is 5.32 Å². The fraction of sp³-hybridized carbons (Fsp3) is 1.00. The van der Waals surface area contributed by atoms with Gasteiger partial charge in [0.05, 0.1) is 0 Å². The molecule has 0 aromatic rings. The molecule has 0 aliphatic carbocycles. The molecule has 2 unspecified atom stereocenters. The number of rotatable bonds is 4. The Labute approximate surface area is 82.0 Å². The van der Waals surface area contributed by atoms with Gasteiger partial charge >= 0.3 is 0 Å². The van der Waals surface area contributed by atoms with E-state index < -0.39 is 0 Å². The van der Waals surface area contributed by atoms with Crippen molar-refractivity contribution in [2.45, 2.75) is 45.6 Å². The molecule has 78 valence electrons. The molecular weight excluding hydrogens is 162 g/mol. The first-order chi connectivity index (χ1) is 6.34. The summed E-state index contributed by atoms with van der Waals surface area (Å²) in [4.78, 5) is 0. The van der Waals surface area contributed by atoms with Gasteiger partial charge in [-0.25, -0.2) is 0 Å². The highest BCUT2D eigenvalue weighted by atomic mass is 16.5. The normalized spacial score (nSPS) is 26.8. The summed E-state index contributed by atoms with van der Waals surface area (Å²) in [6.07, 6.45) is 5.03. The second-order valence-electron chi connectivity index (χ2n) is 4.05. The first-order valence-corrected chi connectivity index (χ1v) is 5.65. The van der Waals surface area contributed by atoms with Crippen LogP contribution in [0.25, 0.3) is 0 Å². The monoisotopic (exact) mass is 185 g/mol. The molecular formula is C11H23NO. The van der Waals surface area contributed by atoms with Crippen molar-refractivity contribution in [2.24, 2.45) is 5.92 Å². The van der Waals surface area contributed by atoms with E-state index in [9.17, 15) is 0 Å². The Morgan fingerprint density at radius 2 is 2.23 bits per heavy atom. The Hall–Kier alpha value is -0.0800. The molecule has 0 spiro atoms. The van der Waals surface area contributed by atoms with E-state index in [1.54, 1.807) is 0 Å². The van der Waals surface area contributed by atoms with E-state index in [0.29, 0.717) is 6.04 Å². The van der Waals surface area contributed by atoms with Crippen LogP contribution in [-0.4, -0.2) is 25.8 Å². The van der Waals surface area contributed by atoms with Crippen molar-refractivity contribution in [1.29, 1.82) is 0 Å². The largest absolute Gasteiger partial charge is 0.381 e. The molecule has 0 bridgehead atoms. The highest BCUT2D eigenvalue weighted by Crippen LogP contribution is 2.19. The van der Waals surface area contributed by atoms with Gasteiger partial charge in [0.2, 0.25) is 0 Å². The average Bonchev–Trinajstić information content (AvgIpc) is 2.42. The lowest BCUT2D eigenvalue weighted by molar-refractivity contribution is 0.139. The van der Waals surface area contributed by atoms with Crippen molar-refractivity contribution >= 4 is 0 Å². The number of hydrogen-bond donors (Lipinski definition) is 1. The van der Waals surface area contributed by atoms with Crippen LogP contribution in [0.2, 0.25) is 0 Å². The van der Waals surface area contributed by atoms with Crippen molar-refractivity contribution in [1.82, 2.24) is 5.32 Å². The predicted octanol–water partition coefficient (Wildman–Crippen LogP) is 2.19. The van der Waals surface area contributed by atoms with Crippen LogP contribution in [0.5, 0.6) is 0 Å². The number of nitrogens with one attached hydrogen (secondary N) is 1. The topological polar surface area (TPSA) is 21.3 Å². The molecule has 0 radical (unpaired) electrons. The highest BCUT2D eigenvalue weighted by Gasteiger charge is 2.18. The molecule has 1 rings (SSSR count). The Kier molecular flexibility index (Phi) is 5.40. The summed E-state index contributed by atoms with van der Waals surface area (Å²) in [6, 6.07) is 0.668. The lowest BCUT2D eigenvalue weighted by Gasteiger charge is -2.22. The van der Waals surface area contributed by atoms with Crippen molar-refractivity contribution in [2.75, 3.05) is 19.8 Å². The van der Waals surface area contributed by atoms with Crippen molar-refractivity contribution < 1.29 is 4.74 Å². The minimum absolute atomic E-state index is 0.668. The van der Waals surface area contributed by atoms with Crippen molar-refractivity contribution in [3.05, 3.63) is 0 Å².